The molecule has 0 aliphatic rings. The number of rotatable bonds is 7. The van der Waals surface area contributed by atoms with E-state index in [1.54, 1.807) is 0 Å². The molecule has 122 valence electrons. The van der Waals surface area contributed by atoms with Crippen molar-refractivity contribution in [1.29, 1.82) is 0 Å². The fourth-order valence-electron chi connectivity index (χ4n) is 2.18. The summed E-state index contributed by atoms with van der Waals surface area (Å²) < 4.78 is 5.52. The first-order valence-corrected chi connectivity index (χ1v) is 7.79. The summed E-state index contributed by atoms with van der Waals surface area (Å²) in [5, 5.41) is 2.87. The average Bonchev–Trinajstić information content (AvgIpc) is 2.56. The topological polar surface area (TPSA) is 41.6 Å². The molecule has 2 rings (SSSR count). The van der Waals surface area contributed by atoms with Crippen LogP contribution in [0.4, 0.5) is 5.69 Å². The maximum Gasteiger partial charge on any atom is 0.258 e. The molecule has 0 atom stereocenters. The van der Waals surface area contributed by atoms with Gasteiger partial charge in [0.25, 0.3) is 5.91 Å². The van der Waals surface area contributed by atoms with Crippen molar-refractivity contribution < 1.29 is 9.53 Å². The molecule has 0 saturated heterocycles. The molecule has 0 unspecified atom stereocenters. The zero-order valence-electron chi connectivity index (χ0n) is 14.0. The molecule has 2 aromatic carbocycles. The van der Waals surface area contributed by atoms with Gasteiger partial charge in [0.2, 0.25) is 0 Å². The summed E-state index contributed by atoms with van der Waals surface area (Å²) in [6, 6.07) is 15.9. The van der Waals surface area contributed by atoms with E-state index >= 15 is 0 Å². The lowest BCUT2D eigenvalue weighted by Gasteiger charge is -2.19. The van der Waals surface area contributed by atoms with Crippen molar-refractivity contribution in [2.75, 3.05) is 31.6 Å². The monoisotopic (exact) mass is 312 g/mol. The number of anilines is 1. The van der Waals surface area contributed by atoms with Crippen molar-refractivity contribution in [3.63, 3.8) is 0 Å². The van der Waals surface area contributed by atoms with Crippen LogP contribution in [-0.4, -0.2) is 32.7 Å². The molecule has 0 aromatic heterocycles. The van der Waals surface area contributed by atoms with Gasteiger partial charge in [-0.2, -0.15) is 0 Å². The predicted molar refractivity (Wildman–Crippen MR) is 94.1 cm³/mol. The third-order valence-electron chi connectivity index (χ3n) is 3.81. The SMILES string of the molecule is Cc1ccc(OCC(=O)NCCN(C)c2ccccc2)cc1C. The molecule has 1 N–H and O–H groups in total. The highest BCUT2D eigenvalue weighted by molar-refractivity contribution is 5.77. The van der Waals surface area contributed by atoms with Crippen molar-refractivity contribution in [2.45, 2.75) is 13.8 Å². The molecule has 23 heavy (non-hydrogen) atoms. The first-order chi connectivity index (χ1) is 11.1. The van der Waals surface area contributed by atoms with Gasteiger partial charge in [0.05, 0.1) is 0 Å². The van der Waals surface area contributed by atoms with Gasteiger partial charge in [-0.25, -0.2) is 0 Å². The van der Waals surface area contributed by atoms with E-state index in [1.807, 2.05) is 62.5 Å². The molecule has 0 aliphatic carbocycles. The van der Waals surface area contributed by atoms with E-state index in [4.69, 9.17) is 4.74 Å². The number of hydrogen-bond donors (Lipinski definition) is 1. The molecule has 0 bridgehead atoms. The summed E-state index contributed by atoms with van der Waals surface area (Å²) in [6.45, 7) is 5.45. The summed E-state index contributed by atoms with van der Waals surface area (Å²) in [5.74, 6) is 0.620. The van der Waals surface area contributed by atoms with Crippen LogP contribution in [-0.2, 0) is 4.79 Å². The quantitative estimate of drug-likeness (QED) is 0.854. The highest BCUT2D eigenvalue weighted by Crippen LogP contribution is 2.16. The number of likely N-dealkylation sites (N-methyl/N-ethyl adjacent to an activating group) is 1. The number of hydrogen-bond acceptors (Lipinski definition) is 3. The first-order valence-electron chi connectivity index (χ1n) is 7.79. The summed E-state index contributed by atoms with van der Waals surface area (Å²) in [7, 11) is 2.01. The van der Waals surface area contributed by atoms with E-state index < -0.39 is 0 Å². The van der Waals surface area contributed by atoms with Gasteiger partial charge >= 0.3 is 0 Å². The Morgan fingerprint density at radius 2 is 1.83 bits per heavy atom. The zero-order chi connectivity index (χ0) is 16.7. The van der Waals surface area contributed by atoms with Crippen molar-refractivity contribution >= 4 is 11.6 Å². The zero-order valence-corrected chi connectivity index (χ0v) is 14.0. The van der Waals surface area contributed by atoms with Crippen LogP contribution in [0.3, 0.4) is 0 Å². The van der Waals surface area contributed by atoms with Gasteiger partial charge in [-0.05, 0) is 49.2 Å². The largest absolute Gasteiger partial charge is 0.484 e. The second kappa shape index (κ2) is 8.22. The number of carbonyl (C=O) groups excluding carboxylic acids is 1. The second-order valence-electron chi connectivity index (χ2n) is 5.64. The molecule has 0 saturated carbocycles. The number of carbonyl (C=O) groups is 1. The number of aryl methyl sites for hydroxylation is 2. The number of ether oxygens (including phenoxy) is 1. The molecular weight excluding hydrogens is 288 g/mol. The van der Waals surface area contributed by atoms with Crippen LogP contribution in [0.1, 0.15) is 11.1 Å². The Labute approximate surface area is 138 Å². The standard InChI is InChI=1S/C19H24N2O2/c1-15-9-10-18(13-16(15)2)23-14-19(22)20-11-12-21(3)17-7-5-4-6-8-17/h4-10,13H,11-12,14H2,1-3H3,(H,20,22). The fraction of sp³-hybridized carbons (Fsp3) is 0.316. The van der Waals surface area contributed by atoms with Crippen LogP contribution < -0.4 is 15.0 Å². The van der Waals surface area contributed by atoms with Gasteiger partial charge in [-0.15, -0.1) is 0 Å². The van der Waals surface area contributed by atoms with Gasteiger partial charge < -0.3 is 15.0 Å². The Hall–Kier alpha value is -2.49. The lowest BCUT2D eigenvalue weighted by atomic mass is 10.1. The number of nitrogens with one attached hydrogen (secondary N) is 1. The number of amides is 1. The number of benzene rings is 2. The number of nitrogens with zero attached hydrogens (tertiary/aromatic N) is 1. The molecule has 0 heterocycles. The highest BCUT2D eigenvalue weighted by Gasteiger charge is 2.05. The van der Waals surface area contributed by atoms with Gasteiger partial charge in [-0.1, -0.05) is 24.3 Å². The fourth-order valence-corrected chi connectivity index (χ4v) is 2.18. The van der Waals surface area contributed by atoms with Crippen molar-refractivity contribution in [2.24, 2.45) is 0 Å². The lowest BCUT2D eigenvalue weighted by molar-refractivity contribution is -0.123. The van der Waals surface area contributed by atoms with E-state index in [2.05, 4.69) is 17.1 Å². The van der Waals surface area contributed by atoms with Crippen molar-refractivity contribution in [3.8, 4) is 5.75 Å². The van der Waals surface area contributed by atoms with Crippen molar-refractivity contribution in [3.05, 3.63) is 59.7 Å². The third kappa shape index (κ3) is 5.33. The highest BCUT2D eigenvalue weighted by atomic mass is 16.5. The van der Waals surface area contributed by atoms with Crippen LogP contribution in [0.25, 0.3) is 0 Å². The lowest BCUT2D eigenvalue weighted by Crippen LogP contribution is -2.35. The number of para-hydroxylation sites is 1. The summed E-state index contributed by atoms with van der Waals surface area (Å²) in [5.41, 5.74) is 3.51. The van der Waals surface area contributed by atoms with Crippen LogP contribution in [0.2, 0.25) is 0 Å². The first kappa shape index (κ1) is 16.9. The van der Waals surface area contributed by atoms with Gasteiger partial charge in [0.15, 0.2) is 6.61 Å². The van der Waals surface area contributed by atoms with Gasteiger partial charge in [0.1, 0.15) is 5.75 Å². The minimum Gasteiger partial charge on any atom is -0.484 e. The van der Waals surface area contributed by atoms with E-state index in [9.17, 15) is 4.79 Å². The van der Waals surface area contributed by atoms with Crippen molar-refractivity contribution in [1.82, 2.24) is 5.32 Å². The third-order valence-corrected chi connectivity index (χ3v) is 3.81. The molecule has 0 aliphatic heterocycles. The molecule has 4 nitrogen and oxygen atoms in total. The Morgan fingerprint density at radius 1 is 1.09 bits per heavy atom. The van der Waals surface area contributed by atoms with Crippen LogP contribution >= 0.6 is 0 Å². The smallest absolute Gasteiger partial charge is 0.258 e. The Morgan fingerprint density at radius 3 is 2.52 bits per heavy atom. The molecule has 0 fully saturated rings. The molecule has 0 radical (unpaired) electrons. The molecule has 1 amide bonds. The second-order valence-corrected chi connectivity index (χ2v) is 5.64. The average molecular weight is 312 g/mol. The van der Waals surface area contributed by atoms with Crippen LogP contribution in [0.15, 0.2) is 48.5 Å². The van der Waals surface area contributed by atoms with E-state index in [-0.39, 0.29) is 12.5 Å². The molecule has 2 aromatic rings. The van der Waals surface area contributed by atoms with Gasteiger partial charge in [-0.3, -0.25) is 4.79 Å². The molecule has 4 heteroatoms. The van der Waals surface area contributed by atoms with Crippen LogP contribution in [0, 0.1) is 13.8 Å². The Balaban J connectivity index is 1.70. The molecule has 0 spiro atoms. The molecular formula is C19H24N2O2. The summed E-state index contributed by atoms with van der Waals surface area (Å²) >= 11 is 0. The maximum atomic E-state index is 11.8. The Kier molecular flexibility index (Phi) is 6.03. The minimum atomic E-state index is -0.107. The van der Waals surface area contributed by atoms with E-state index in [1.165, 1.54) is 5.56 Å². The van der Waals surface area contributed by atoms with Gasteiger partial charge in [0, 0.05) is 25.8 Å². The minimum absolute atomic E-state index is 0.0392. The van der Waals surface area contributed by atoms with E-state index in [0.29, 0.717) is 6.54 Å². The van der Waals surface area contributed by atoms with Crippen LogP contribution in [0.5, 0.6) is 5.75 Å². The van der Waals surface area contributed by atoms with E-state index in [0.717, 1.165) is 23.5 Å². The Bertz CT molecular complexity index is 641. The summed E-state index contributed by atoms with van der Waals surface area (Å²) in [4.78, 5) is 13.9. The predicted octanol–water partition coefficient (Wildman–Crippen LogP) is 2.93. The normalized spacial score (nSPS) is 10.2. The summed E-state index contributed by atoms with van der Waals surface area (Å²) in [6.07, 6.45) is 0. The maximum absolute atomic E-state index is 11.8.